The number of aliphatic hydroxyl groups is 1. The van der Waals surface area contributed by atoms with E-state index in [0.717, 1.165) is 47.0 Å². The lowest BCUT2D eigenvalue weighted by molar-refractivity contribution is 0.0716. The quantitative estimate of drug-likeness (QED) is 0.486. The molecule has 2 atom stereocenters. The lowest BCUT2D eigenvalue weighted by Crippen LogP contribution is -2.46. The number of nitrogens with zero attached hydrogens (tertiary/aromatic N) is 3. The first-order valence-corrected chi connectivity index (χ1v) is 13.7. The Balaban J connectivity index is 1.39. The smallest absolute Gasteiger partial charge is 0.267 e. The van der Waals surface area contributed by atoms with Crippen molar-refractivity contribution in [2.24, 2.45) is 0 Å². The van der Waals surface area contributed by atoms with Gasteiger partial charge < -0.3 is 10.4 Å². The predicted octanol–water partition coefficient (Wildman–Crippen LogP) is 4.15. The Morgan fingerprint density at radius 3 is 2.59 bits per heavy atom. The molecule has 37 heavy (non-hydrogen) atoms. The number of carbonyl (C=O) groups is 1. The number of aliphatic hydroxyl groups excluding tert-OH is 1. The summed E-state index contributed by atoms with van der Waals surface area (Å²) in [5.41, 5.74) is 1.87. The number of hydrogen-bond donors (Lipinski definition) is 2. The van der Waals surface area contributed by atoms with Gasteiger partial charge in [-0.2, -0.15) is 5.26 Å². The van der Waals surface area contributed by atoms with Gasteiger partial charge in [-0.05, 0) is 61.1 Å². The number of amides is 1. The number of benzene rings is 1. The van der Waals surface area contributed by atoms with Crippen molar-refractivity contribution in [1.82, 2.24) is 14.6 Å². The van der Waals surface area contributed by atoms with E-state index in [-0.39, 0.29) is 17.2 Å². The van der Waals surface area contributed by atoms with Crippen LogP contribution in [0.4, 0.5) is 0 Å². The highest BCUT2D eigenvalue weighted by molar-refractivity contribution is 9.10. The molecule has 1 saturated heterocycles. The molecule has 5 rings (SSSR count). The molecule has 1 aliphatic heterocycles. The summed E-state index contributed by atoms with van der Waals surface area (Å²) in [5.74, 6) is -0.438. The van der Waals surface area contributed by atoms with Gasteiger partial charge in [-0.15, -0.1) is 0 Å². The number of rotatable bonds is 5. The van der Waals surface area contributed by atoms with Crippen LogP contribution in [0.5, 0.6) is 0 Å². The molecular formula is C29H31BrN4O3. The maximum absolute atomic E-state index is 13.2. The second kappa shape index (κ2) is 10.8. The Kier molecular flexibility index (Phi) is 7.47. The molecule has 8 heteroatoms. The number of carbonyl (C=O) groups excluding carboxylic acids is 1. The number of halogens is 1. The van der Waals surface area contributed by atoms with Crippen LogP contribution in [0.2, 0.25) is 0 Å². The number of nitriles is 1. The van der Waals surface area contributed by atoms with Crippen LogP contribution in [0.25, 0.3) is 5.52 Å². The summed E-state index contributed by atoms with van der Waals surface area (Å²) in [5, 5.41) is 23.3. The summed E-state index contributed by atoms with van der Waals surface area (Å²) in [4.78, 5) is 28.7. The van der Waals surface area contributed by atoms with Crippen LogP contribution in [-0.4, -0.2) is 45.5 Å². The molecule has 1 saturated carbocycles. The molecule has 2 aliphatic rings. The fraction of sp³-hybridized carbons (Fsp3) is 0.414. The van der Waals surface area contributed by atoms with Crippen molar-refractivity contribution in [3.8, 4) is 6.07 Å². The van der Waals surface area contributed by atoms with Gasteiger partial charge >= 0.3 is 0 Å². The van der Waals surface area contributed by atoms with Gasteiger partial charge in [-0.3, -0.25) is 18.9 Å². The summed E-state index contributed by atoms with van der Waals surface area (Å²) in [6.07, 6.45) is 5.76. The first-order chi connectivity index (χ1) is 17.9. The minimum atomic E-state index is -0.584. The van der Waals surface area contributed by atoms with E-state index in [2.05, 4.69) is 32.2 Å². The number of pyridine rings is 2. The second-order valence-corrected chi connectivity index (χ2v) is 11.1. The predicted molar refractivity (Wildman–Crippen MR) is 145 cm³/mol. The number of piperidine rings is 1. The van der Waals surface area contributed by atoms with Crippen LogP contribution in [0.1, 0.15) is 60.0 Å². The van der Waals surface area contributed by atoms with Crippen molar-refractivity contribution in [3.63, 3.8) is 0 Å². The van der Waals surface area contributed by atoms with E-state index in [1.165, 1.54) is 4.40 Å². The highest BCUT2D eigenvalue weighted by Crippen LogP contribution is 2.39. The molecule has 2 aromatic heterocycles. The van der Waals surface area contributed by atoms with Crippen molar-refractivity contribution in [1.29, 1.82) is 5.26 Å². The van der Waals surface area contributed by atoms with Gasteiger partial charge in [0.15, 0.2) is 0 Å². The van der Waals surface area contributed by atoms with E-state index in [1.54, 1.807) is 18.3 Å². The normalized spacial score (nSPS) is 21.9. The second-order valence-electron chi connectivity index (χ2n) is 10.2. The van der Waals surface area contributed by atoms with E-state index >= 15 is 0 Å². The summed E-state index contributed by atoms with van der Waals surface area (Å²) < 4.78 is 2.49. The standard InChI is InChI=1S/C29H31BrN4O3/c30-23-8-2-1-7-22(23)29(19-31)12-15-33(16-13-29)18-20-17-21(28(37)34-14-6-5-10-25(20)34)27(36)32-24-9-3-4-11-26(24)35/h1-2,5-8,10,14,17,24,26,35H,3-4,9,11-13,15-16,18H2,(H,32,36). The average Bonchev–Trinajstić information content (AvgIpc) is 2.92. The maximum atomic E-state index is 13.2. The Hall–Kier alpha value is -2.99. The van der Waals surface area contributed by atoms with Crippen molar-refractivity contribution < 1.29 is 9.90 Å². The van der Waals surface area contributed by atoms with Crippen molar-refractivity contribution in [3.05, 3.63) is 86.2 Å². The van der Waals surface area contributed by atoms with Gasteiger partial charge in [0, 0.05) is 30.3 Å². The van der Waals surface area contributed by atoms with Gasteiger partial charge in [-0.25, -0.2) is 0 Å². The molecule has 0 bridgehead atoms. The molecule has 2 unspecified atom stereocenters. The number of likely N-dealkylation sites (tertiary alicyclic amines) is 1. The van der Waals surface area contributed by atoms with E-state index in [4.69, 9.17) is 0 Å². The first-order valence-electron chi connectivity index (χ1n) is 12.9. The third-order valence-electron chi connectivity index (χ3n) is 7.95. The van der Waals surface area contributed by atoms with Gasteiger partial charge in [0.1, 0.15) is 5.56 Å². The van der Waals surface area contributed by atoms with Gasteiger partial charge in [0.25, 0.3) is 11.5 Å². The SMILES string of the molecule is N#CC1(c2ccccc2Br)CCN(Cc2cc(C(=O)NC3CCCCC3O)c(=O)n3ccccc23)CC1. The Labute approximate surface area is 224 Å². The van der Waals surface area contributed by atoms with Crippen LogP contribution < -0.4 is 10.9 Å². The molecular weight excluding hydrogens is 532 g/mol. The largest absolute Gasteiger partial charge is 0.391 e. The fourth-order valence-electron chi connectivity index (χ4n) is 5.76. The molecule has 0 radical (unpaired) electrons. The molecule has 1 aromatic carbocycles. The zero-order chi connectivity index (χ0) is 26.0. The molecule has 192 valence electrons. The first kappa shape index (κ1) is 25.7. The lowest BCUT2D eigenvalue weighted by Gasteiger charge is -2.38. The maximum Gasteiger partial charge on any atom is 0.267 e. The fourth-order valence-corrected chi connectivity index (χ4v) is 6.43. The van der Waals surface area contributed by atoms with Crippen LogP contribution in [0.3, 0.4) is 0 Å². The number of fused-ring (bicyclic) bond motifs is 1. The minimum Gasteiger partial charge on any atom is -0.391 e. The average molecular weight is 563 g/mol. The summed E-state index contributed by atoms with van der Waals surface area (Å²) in [7, 11) is 0. The highest BCUT2D eigenvalue weighted by atomic mass is 79.9. The topological polar surface area (TPSA) is 97.8 Å². The molecule has 2 N–H and O–H groups in total. The zero-order valence-corrected chi connectivity index (χ0v) is 22.3. The number of aromatic nitrogens is 1. The van der Waals surface area contributed by atoms with Crippen LogP contribution in [0, 0.1) is 11.3 Å². The van der Waals surface area contributed by atoms with Gasteiger partial charge in [0.05, 0.1) is 29.1 Å². The van der Waals surface area contributed by atoms with Crippen LogP contribution >= 0.6 is 15.9 Å². The van der Waals surface area contributed by atoms with Gasteiger partial charge in [0.2, 0.25) is 0 Å². The summed E-state index contributed by atoms with van der Waals surface area (Å²) >= 11 is 3.62. The van der Waals surface area contributed by atoms with Crippen molar-refractivity contribution in [2.45, 2.75) is 62.6 Å². The molecule has 1 aliphatic carbocycles. The van der Waals surface area contributed by atoms with Gasteiger partial charge in [-0.1, -0.05) is 53.0 Å². The lowest BCUT2D eigenvalue weighted by atomic mass is 9.74. The molecule has 0 spiro atoms. The number of nitrogens with one attached hydrogen (secondary N) is 1. The van der Waals surface area contributed by atoms with E-state index in [9.17, 15) is 20.0 Å². The van der Waals surface area contributed by atoms with Crippen LogP contribution in [0.15, 0.2) is 64.0 Å². The summed E-state index contributed by atoms with van der Waals surface area (Å²) in [6.45, 7) is 2.02. The zero-order valence-electron chi connectivity index (χ0n) is 20.7. The Bertz CT molecular complexity index is 1400. The third-order valence-corrected chi connectivity index (χ3v) is 8.65. The molecule has 1 amide bonds. The molecule has 7 nitrogen and oxygen atoms in total. The van der Waals surface area contributed by atoms with E-state index in [1.807, 2.05) is 36.4 Å². The number of hydrogen-bond acceptors (Lipinski definition) is 5. The van der Waals surface area contributed by atoms with Crippen molar-refractivity contribution >= 4 is 27.4 Å². The third kappa shape index (κ3) is 5.08. The monoisotopic (exact) mass is 562 g/mol. The molecule has 3 heterocycles. The Morgan fingerprint density at radius 1 is 1.14 bits per heavy atom. The molecule has 2 fully saturated rings. The summed E-state index contributed by atoms with van der Waals surface area (Å²) in [6, 6.07) is 17.5. The van der Waals surface area contributed by atoms with Crippen molar-refractivity contribution in [2.75, 3.05) is 13.1 Å². The molecule has 3 aromatic rings. The minimum absolute atomic E-state index is 0.0908. The van der Waals surface area contributed by atoms with E-state index < -0.39 is 17.4 Å². The van der Waals surface area contributed by atoms with E-state index in [0.29, 0.717) is 32.2 Å². The highest BCUT2D eigenvalue weighted by Gasteiger charge is 2.38. The van der Waals surface area contributed by atoms with Crippen LogP contribution in [-0.2, 0) is 12.0 Å². The Morgan fingerprint density at radius 2 is 1.86 bits per heavy atom.